The van der Waals surface area contributed by atoms with Crippen molar-refractivity contribution in [3.05, 3.63) is 66.4 Å². The highest BCUT2D eigenvalue weighted by Crippen LogP contribution is 2.32. The average Bonchev–Trinajstić information content (AvgIpc) is 3.41. The first-order valence-corrected chi connectivity index (χ1v) is 12.8. The van der Waals surface area contributed by atoms with E-state index in [4.69, 9.17) is 24.5 Å². The van der Waals surface area contributed by atoms with Crippen molar-refractivity contribution in [2.24, 2.45) is 0 Å². The van der Waals surface area contributed by atoms with Gasteiger partial charge < -0.3 is 19.3 Å². The van der Waals surface area contributed by atoms with Crippen LogP contribution in [0.4, 0.5) is 5.82 Å². The standard InChI is InChI=1S/C28H30N6O3/c1-36-24-10-6-5-9-22(24)28(35)33-13-11-21(12-14-33)34-27-23(19-29-34)26(32-15-17-37-18-16-32)30-25(31-27)20-7-3-2-4-8-20/h2-10,19,21H,11-18H2,1H3. The fourth-order valence-electron chi connectivity index (χ4n) is 5.22. The molecule has 4 aromatic rings. The van der Waals surface area contributed by atoms with Crippen molar-refractivity contribution in [2.45, 2.75) is 18.9 Å². The zero-order chi connectivity index (χ0) is 25.2. The van der Waals surface area contributed by atoms with Crippen molar-refractivity contribution in [2.75, 3.05) is 51.4 Å². The minimum Gasteiger partial charge on any atom is -0.496 e. The predicted octanol–water partition coefficient (Wildman–Crippen LogP) is 3.82. The number of benzene rings is 2. The maximum absolute atomic E-state index is 13.2. The van der Waals surface area contributed by atoms with Crippen LogP contribution >= 0.6 is 0 Å². The van der Waals surface area contributed by atoms with Crippen LogP contribution in [-0.4, -0.2) is 77.1 Å². The van der Waals surface area contributed by atoms with Crippen molar-refractivity contribution in [3.8, 4) is 17.1 Å². The zero-order valence-corrected chi connectivity index (χ0v) is 20.9. The maximum atomic E-state index is 13.2. The summed E-state index contributed by atoms with van der Waals surface area (Å²) in [6, 6.07) is 17.6. The Morgan fingerprint density at radius 1 is 0.946 bits per heavy atom. The molecular formula is C28H30N6O3. The number of carbonyl (C=O) groups is 1. The van der Waals surface area contributed by atoms with Crippen LogP contribution in [0.25, 0.3) is 22.4 Å². The van der Waals surface area contributed by atoms with Crippen LogP contribution in [0.5, 0.6) is 5.75 Å². The molecule has 37 heavy (non-hydrogen) atoms. The minimum atomic E-state index is 0.00418. The number of amides is 1. The van der Waals surface area contributed by atoms with Crippen molar-refractivity contribution in [1.82, 2.24) is 24.6 Å². The number of rotatable bonds is 5. The molecule has 2 fully saturated rings. The highest BCUT2D eigenvalue weighted by molar-refractivity contribution is 5.97. The molecule has 2 aliphatic rings. The van der Waals surface area contributed by atoms with Gasteiger partial charge in [0.2, 0.25) is 0 Å². The number of piperidine rings is 1. The minimum absolute atomic E-state index is 0.00418. The third-order valence-corrected chi connectivity index (χ3v) is 7.21. The van der Waals surface area contributed by atoms with Crippen molar-refractivity contribution in [3.63, 3.8) is 0 Å². The molecular weight excluding hydrogens is 468 g/mol. The molecule has 0 atom stereocenters. The summed E-state index contributed by atoms with van der Waals surface area (Å²) in [5.74, 6) is 2.21. The van der Waals surface area contributed by atoms with E-state index in [2.05, 4.69) is 4.90 Å². The SMILES string of the molecule is COc1ccccc1C(=O)N1CCC(n2ncc3c(N4CCOCC4)nc(-c4ccccc4)nc32)CC1. The van der Waals surface area contributed by atoms with E-state index in [1.165, 1.54) is 0 Å². The molecule has 1 amide bonds. The molecule has 0 unspecified atom stereocenters. The number of ether oxygens (including phenoxy) is 2. The first kappa shape index (κ1) is 23.4. The van der Waals surface area contributed by atoms with E-state index < -0.39 is 0 Å². The molecule has 9 nitrogen and oxygen atoms in total. The number of methoxy groups -OCH3 is 1. The highest BCUT2D eigenvalue weighted by atomic mass is 16.5. The molecule has 0 spiro atoms. The number of carbonyl (C=O) groups excluding carboxylic acids is 1. The second kappa shape index (κ2) is 10.2. The number of hydrogen-bond acceptors (Lipinski definition) is 7. The molecule has 2 aromatic carbocycles. The van der Waals surface area contributed by atoms with Gasteiger partial charge in [-0.3, -0.25) is 4.79 Å². The van der Waals surface area contributed by atoms with Gasteiger partial charge in [-0.25, -0.2) is 14.6 Å². The van der Waals surface area contributed by atoms with E-state index in [0.29, 0.717) is 43.4 Å². The van der Waals surface area contributed by atoms with Crippen LogP contribution in [0, 0.1) is 0 Å². The molecule has 6 rings (SSSR count). The number of para-hydroxylation sites is 1. The summed E-state index contributed by atoms with van der Waals surface area (Å²) >= 11 is 0. The van der Waals surface area contributed by atoms with Crippen LogP contribution in [-0.2, 0) is 4.74 Å². The van der Waals surface area contributed by atoms with Gasteiger partial charge in [-0.05, 0) is 25.0 Å². The summed E-state index contributed by atoms with van der Waals surface area (Å²) in [6.07, 6.45) is 3.49. The van der Waals surface area contributed by atoms with E-state index in [0.717, 1.165) is 48.3 Å². The van der Waals surface area contributed by atoms with E-state index in [-0.39, 0.29) is 11.9 Å². The molecule has 0 bridgehead atoms. The van der Waals surface area contributed by atoms with Crippen LogP contribution in [0.2, 0.25) is 0 Å². The van der Waals surface area contributed by atoms with E-state index in [9.17, 15) is 4.79 Å². The summed E-state index contributed by atoms with van der Waals surface area (Å²) in [6.45, 7) is 4.23. The molecule has 4 heterocycles. The average molecular weight is 499 g/mol. The molecule has 9 heteroatoms. The molecule has 190 valence electrons. The lowest BCUT2D eigenvalue weighted by Crippen LogP contribution is -2.39. The van der Waals surface area contributed by atoms with Crippen molar-refractivity contribution in [1.29, 1.82) is 0 Å². The Morgan fingerprint density at radius 3 is 2.43 bits per heavy atom. The van der Waals surface area contributed by atoms with Gasteiger partial charge in [0, 0.05) is 31.7 Å². The Bertz CT molecular complexity index is 1390. The number of morpholine rings is 1. The molecule has 0 saturated carbocycles. The number of hydrogen-bond donors (Lipinski definition) is 0. The number of fused-ring (bicyclic) bond motifs is 1. The molecule has 2 aromatic heterocycles. The van der Waals surface area contributed by atoms with E-state index in [1.54, 1.807) is 7.11 Å². The normalized spacial score (nSPS) is 16.8. The lowest BCUT2D eigenvalue weighted by atomic mass is 10.0. The third-order valence-electron chi connectivity index (χ3n) is 7.21. The van der Waals surface area contributed by atoms with Gasteiger partial charge >= 0.3 is 0 Å². The predicted molar refractivity (Wildman–Crippen MR) is 141 cm³/mol. The summed E-state index contributed by atoms with van der Waals surface area (Å²) in [4.78, 5) is 27.3. The second-order valence-corrected chi connectivity index (χ2v) is 9.39. The van der Waals surface area contributed by atoms with Crippen LogP contribution in [0.3, 0.4) is 0 Å². The highest BCUT2D eigenvalue weighted by Gasteiger charge is 2.29. The first-order valence-electron chi connectivity index (χ1n) is 12.8. The Morgan fingerprint density at radius 2 is 1.68 bits per heavy atom. The number of likely N-dealkylation sites (tertiary alicyclic amines) is 1. The van der Waals surface area contributed by atoms with Crippen LogP contribution < -0.4 is 9.64 Å². The monoisotopic (exact) mass is 498 g/mol. The van der Waals surface area contributed by atoms with Crippen molar-refractivity contribution < 1.29 is 14.3 Å². The summed E-state index contributed by atoms with van der Waals surface area (Å²) < 4.78 is 13.0. The van der Waals surface area contributed by atoms with Crippen molar-refractivity contribution >= 4 is 22.8 Å². The topological polar surface area (TPSA) is 85.6 Å². The fraction of sp³-hybridized carbons (Fsp3) is 0.357. The van der Waals surface area contributed by atoms with Gasteiger partial charge in [0.15, 0.2) is 11.5 Å². The lowest BCUT2D eigenvalue weighted by molar-refractivity contribution is 0.0688. The van der Waals surface area contributed by atoms with Gasteiger partial charge in [-0.1, -0.05) is 42.5 Å². The largest absolute Gasteiger partial charge is 0.496 e. The summed E-state index contributed by atoms with van der Waals surface area (Å²) in [7, 11) is 1.60. The fourth-order valence-corrected chi connectivity index (χ4v) is 5.22. The number of nitrogens with zero attached hydrogens (tertiary/aromatic N) is 6. The number of aromatic nitrogens is 4. The van der Waals surface area contributed by atoms with Gasteiger partial charge in [0.25, 0.3) is 5.91 Å². The zero-order valence-electron chi connectivity index (χ0n) is 20.9. The summed E-state index contributed by atoms with van der Waals surface area (Å²) in [5, 5.41) is 5.75. The Labute approximate surface area is 215 Å². The van der Waals surface area contributed by atoms with E-state index in [1.807, 2.05) is 70.4 Å². The van der Waals surface area contributed by atoms with Gasteiger partial charge in [-0.2, -0.15) is 5.10 Å². The molecule has 0 radical (unpaired) electrons. The smallest absolute Gasteiger partial charge is 0.257 e. The number of anilines is 1. The lowest BCUT2D eigenvalue weighted by Gasteiger charge is -2.32. The maximum Gasteiger partial charge on any atom is 0.257 e. The second-order valence-electron chi connectivity index (χ2n) is 9.39. The van der Waals surface area contributed by atoms with Gasteiger partial charge in [0.05, 0.1) is 43.5 Å². The molecule has 0 aliphatic carbocycles. The van der Waals surface area contributed by atoms with Gasteiger partial charge in [-0.15, -0.1) is 0 Å². The third kappa shape index (κ3) is 4.51. The molecule has 0 N–H and O–H groups in total. The van der Waals surface area contributed by atoms with E-state index >= 15 is 0 Å². The first-order chi connectivity index (χ1) is 18.2. The Balaban J connectivity index is 1.30. The quantitative estimate of drug-likeness (QED) is 0.414. The Hall–Kier alpha value is -3.98. The van der Waals surface area contributed by atoms with Gasteiger partial charge in [0.1, 0.15) is 11.6 Å². The van der Waals surface area contributed by atoms with Crippen LogP contribution in [0.1, 0.15) is 29.2 Å². The van der Waals surface area contributed by atoms with Crippen LogP contribution in [0.15, 0.2) is 60.8 Å². The molecule has 2 aliphatic heterocycles. The Kier molecular flexibility index (Phi) is 6.44. The molecule has 2 saturated heterocycles. The summed E-state index contributed by atoms with van der Waals surface area (Å²) in [5.41, 5.74) is 2.41.